The van der Waals surface area contributed by atoms with Crippen molar-refractivity contribution in [2.45, 2.75) is 0 Å². The van der Waals surface area contributed by atoms with E-state index >= 15 is 0 Å². The Morgan fingerprint density at radius 2 is 2.50 bits per heavy atom. The fourth-order valence-electron chi connectivity index (χ4n) is 0.186. The molecule has 0 fully saturated rings. The van der Waals surface area contributed by atoms with Crippen molar-refractivity contribution in [3.05, 3.63) is 12.3 Å². The molecule has 0 aliphatic heterocycles. The molecule has 0 bridgehead atoms. The summed E-state index contributed by atoms with van der Waals surface area (Å²) < 4.78 is 0.879. The zero-order valence-electron chi connectivity index (χ0n) is 4.82. The Hall–Kier alpha value is -0.0600. The van der Waals surface area contributed by atoms with Crippen molar-refractivity contribution in [3.8, 4) is 0 Å². The van der Waals surface area contributed by atoms with Crippen LogP contribution < -0.4 is 0 Å². The van der Waals surface area contributed by atoms with Crippen LogP contribution in [-0.4, -0.2) is 22.7 Å². The average Bonchev–Trinajstić information content (AvgIpc) is 1.84. The third-order valence-corrected chi connectivity index (χ3v) is 1.73. The summed E-state index contributed by atoms with van der Waals surface area (Å²) in [5, 5.41) is 6.78. The largest absolute Gasteiger partial charge is 0.340 e. The summed E-state index contributed by atoms with van der Waals surface area (Å²) >= 11 is 2.21. The summed E-state index contributed by atoms with van der Waals surface area (Å²) in [6.45, 7) is 3.71. The highest BCUT2D eigenvalue weighted by molar-refractivity contribution is 14.1. The Kier molecular flexibility index (Phi) is 3.85. The van der Waals surface area contributed by atoms with Gasteiger partial charge in [-0.25, -0.2) is 0 Å². The maximum atomic E-state index is 6.78. The molecule has 46 valence electrons. The zero-order valence-corrected chi connectivity index (χ0v) is 6.97. The molecule has 0 aromatic carbocycles. The van der Waals surface area contributed by atoms with Crippen LogP contribution in [0.25, 0.3) is 0 Å². The van der Waals surface area contributed by atoms with Crippen molar-refractivity contribution in [2.75, 3.05) is 11.5 Å². The summed E-state index contributed by atoms with van der Waals surface area (Å²) in [7, 11) is 1.81. The van der Waals surface area contributed by atoms with Gasteiger partial charge in [0, 0.05) is 17.2 Å². The Labute approximate surface area is 63.2 Å². The van der Waals surface area contributed by atoms with E-state index in [2.05, 4.69) is 29.2 Å². The Balaban J connectivity index is 3.62. The van der Waals surface area contributed by atoms with Crippen LogP contribution in [0.5, 0.6) is 0 Å². The summed E-state index contributed by atoms with van der Waals surface area (Å²) in [6, 6.07) is 0. The minimum absolute atomic E-state index is 0.879. The monoisotopic (exact) mass is 224 g/mol. The SMILES string of the molecule is C=C(CI)N(C)C=N. The molecular weight excluding hydrogens is 215 g/mol. The van der Waals surface area contributed by atoms with Crippen LogP contribution in [0.2, 0.25) is 0 Å². The molecule has 0 aromatic heterocycles. The van der Waals surface area contributed by atoms with Crippen molar-refractivity contribution in [1.29, 1.82) is 5.41 Å². The van der Waals surface area contributed by atoms with Gasteiger partial charge in [0.2, 0.25) is 0 Å². The summed E-state index contributed by atoms with van der Waals surface area (Å²) in [4.78, 5) is 1.69. The first kappa shape index (κ1) is 7.94. The molecule has 0 saturated carbocycles. The molecular formula is C5H9IN2. The Morgan fingerprint density at radius 3 is 2.62 bits per heavy atom. The van der Waals surface area contributed by atoms with Crippen molar-refractivity contribution in [2.24, 2.45) is 0 Å². The van der Waals surface area contributed by atoms with Gasteiger partial charge in [0.15, 0.2) is 0 Å². The van der Waals surface area contributed by atoms with Crippen LogP contribution >= 0.6 is 22.6 Å². The van der Waals surface area contributed by atoms with Crippen LogP contribution in [0.4, 0.5) is 0 Å². The average molecular weight is 224 g/mol. The fraction of sp³-hybridized carbons (Fsp3) is 0.400. The van der Waals surface area contributed by atoms with Gasteiger partial charge in [-0.1, -0.05) is 29.2 Å². The summed E-state index contributed by atoms with van der Waals surface area (Å²) in [5.41, 5.74) is 0.959. The van der Waals surface area contributed by atoms with Gasteiger partial charge in [-0.3, -0.25) is 5.41 Å². The van der Waals surface area contributed by atoms with Gasteiger partial charge in [-0.2, -0.15) is 0 Å². The minimum atomic E-state index is 0.879. The molecule has 0 aliphatic carbocycles. The quantitative estimate of drug-likeness (QED) is 0.334. The molecule has 0 aromatic rings. The minimum Gasteiger partial charge on any atom is -0.340 e. The molecule has 0 rings (SSSR count). The Bertz CT molecular complexity index is 101. The molecule has 0 aliphatic rings. The number of halogens is 1. The first-order valence-electron chi connectivity index (χ1n) is 2.19. The molecule has 3 heteroatoms. The zero-order chi connectivity index (χ0) is 6.57. The second-order valence-corrected chi connectivity index (χ2v) is 2.20. The van der Waals surface area contributed by atoms with Crippen molar-refractivity contribution in [3.63, 3.8) is 0 Å². The van der Waals surface area contributed by atoms with Crippen LogP contribution in [0, 0.1) is 5.41 Å². The summed E-state index contributed by atoms with van der Waals surface area (Å²) in [5.74, 6) is 0. The molecule has 0 spiro atoms. The molecule has 0 atom stereocenters. The van der Waals surface area contributed by atoms with E-state index in [1.165, 1.54) is 6.34 Å². The van der Waals surface area contributed by atoms with Gasteiger partial charge in [-0.05, 0) is 0 Å². The normalized spacial score (nSPS) is 8.25. The van der Waals surface area contributed by atoms with Gasteiger partial charge >= 0.3 is 0 Å². The van der Waals surface area contributed by atoms with Crippen LogP contribution in [0.15, 0.2) is 12.3 Å². The highest BCUT2D eigenvalue weighted by Gasteiger charge is 1.92. The first-order valence-corrected chi connectivity index (χ1v) is 3.72. The number of alkyl halides is 1. The van der Waals surface area contributed by atoms with Crippen LogP contribution in [0.1, 0.15) is 0 Å². The standard InChI is InChI=1S/C5H9IN2/c1-5(3-6)8(2)4-7/h4,7H,1,3H2,2H3. The third-order valence-electron chi connectivity index (χ3n) is 0.847. The predicted octanol–water partition coefficient (Wildman–Crippen LogP) is 1.47. The van der Waals surface area contributed by atoms with E-state index in [4.69, 9.17) is 5.41 Å². The molecule has 2 nitrogen and oxygen atoms in total. The van der Waals surface area contributed by atoms with Gasteiger partial charge in [0.25, 0.3) is 0 Å². The third kappa shape index (κ3) is 2.30. The van der Waals surface area contributed by atoms with Gasteiger partial charge in [0.1, 0.15) is 0 Å². The van der Waals surface area contributed by atoms with Crippen molar-refractivity contribution >= 4 is 28.9 Å². The van der Waals surface area contributed by atoms with E-state index in [1.807, 2.05) is 7.05 Å². The van der Waals surface area contributed by atoms with Crippen molar-refractivity contribution in [1.82, 2.24) is 4.90 Å². The first-order chi connectivity index (χ1) is 3.72. The van der Waals surface area contributed by atoms with E-state index in [-0.39, 0.29) is 0 Å². The maximum Gasteiger partial charge on any atom is 0.0856 e. The molecule has 8 heavy (non-hydrogen) atoms. The van der Waals surface area contributed by atoms with E-state index < -0.39 is 0 Å². The topological polar surface area (TPSA) is 27.1 Å². The van der Waals surface area contributed by atoms with Crippen molar-refractivity contribution < 1.29 is 0 Å². The second kappa shape index (κ2) is 3.88. The molecule has 0 amide bonds. The van der Waals surface area contributed by atoms with Crippen LogP contribution in [0.3, 0.4) is 0 Å². The van der Waals surface area contributed by atoms with Gasteiger partial charge < -0.3 is 4.90 Å². The van der Waals surface area contributed by atoms with Gasteiger partial charge in [0.05, 0.1) is 6.34 Å². The number of allylic oxidation sites excluding steroid dienone is 1. The second-order valence-electron chi connectivity index (χ2n) is 1.44. The van der Waals surface area contributed by atoms with Crippen LogP contribution in [-0.2, 0) is 0 Å². The molecule has 0 radical (unpaired) electrons. The maximum absolute atomic E-state index is 6.78. The molecule has 0 unspecified atom stereocenters. The highest BCUT2D eigenvalue weighted by atomic mass is 127. The lowest BCUT2D eigenvalue weighted by atomic mass is 10.5. The van der Waals surface area contributed by atoms with E-state index in [0.29, 0.717) is 0 Å². The lowest BCUT2D eigenvalue weighted by Crippen LogP contribution is -2.14. The number of hydrogen-bond acceptors (Lipinski definition) is 1. The number of nitrogens with one attached hydrogen (secondary N) is 1. The molecule has 1 N–H and O–H groups in total. The Morgan fingerprint density at radius 1 is 2.00 bits per heavy atom. The molecule has 0 heterocycles. The number of rotatable bonds is 3. The summed E-state index contributed by atoms with van der Waals surface area (Å²) in [6.07, 6.45) is 1.25. The predicted molar refractivity (Wildman–Crippen MR) is 44.6 cm³/mol. The highest BCUT2D eigenvalue weighted by Crippen LogP contribution is 1.98. The van der Waals surface area contributed by atoms with E-state index in [1.54, 1.807) is 4.90 Å². The molecule has 0 saturated heterocycles. The fourth-order valence-corrected chi connectivity index (χ4v) is 0.724. The smallest absolute Gasteiger partial charge is 0.0856 e. The number of nitrogens with zero attached hydrogens (tertiary/aromatic N) is 1. The van der Waals surface area contributed by atoms with E-state index in [9.17, 15) is 0 Å². The van der Waals surface area contributed by atoms with E-state index in [0.717, 1.165) is 10.1 Å². The number of hydrogen-bond donors (Lipinski definition) is 1. The lowest BCUT2D eigenvalue weighted by molar-refractivity contribution is 0.652. The van der Waals surface area contributed by atoms with Gasteiger partial charge in [-0.15, -0.1) is 0 Å². The lowest BCUT2D eigenvalue weighted by Gasteiger charge is -2.11.